The van der Waals surface area contributed by atoms with E-state index in [1.807, 2.05) is 6.92 Å². The molecule has 0 saturated carbocycles. The lowest BCUT2D eigenvalue weighted by atomic mass is 10.1. The summed E-state index contributed by atoms with van der Waals surface area (Å²) in [6, 6.07) is 6.37. The van der Waals surface area contributed by atoms with Crippen molar-refractivity contribution in [3.8, 4) is 34.5 Å². The third-order valence-electron chi connectivity index (χ3n) is 5.70. The lowest BCUT2D eigenvalue weighted by Crippen LogP contribution is -2.07. The van der Waals surface area contributed by atoms with Gasteiger partial charge in [0.1, 0.15) is 17.2 Å². The SMILES string of the molecule is COc1cc(C)cc(OC)c1O.O=C(O)C1=CC(O)=C(O)C(CCO)=CC1.Oc1cc(O)c2c(c1)OCCC2. The number of phenolic OH excluding ortho intramolecular Hbond substituents is 3. The molecule has 2 aromatic rings. The van der Waals surface area contributed by atoms with E-state index in [-0.39, 0.29) is 48.0 Å². The highest BCUT2D eigenvalue weighted by Gasteiger charge is 2.17. The van der Waals surface area contributed by atoms with E-state index in [4.69, 9.17) is 29.5 Å². The lowest BCUT2D eigenvalue weighted by molar-refractivity contribution is -0.132. The summed E-state index contributed by atoms with van der Waals surface area (Å²) >= 11 is 0. The number of aryl methyl sites for hydroxylation is 1. The minimum atomic E-state index is -1.14. The minimum absolute atomic E-state index is 0.00742. The van der Waals surface area contributed by atoms with Crippen LogP contribution in [-0.4, -0.2) is 69.1 Å². The van der Waals surface area contributed by atoms with Gasteiger partial charge in [-0.05, 0) is 62.0 Å². The molecule has 0 fully saturated rings. The van der Waals surface area contributed by atoms with Crippen LogP contribution in [0.2, 0.25) is 0 Å². The van der Waals surface area contributed by atoms with Crippen LogP contribution in [0.3, 0.4) is 0 Å². The van der Waals surface area contributed by atoms with Crippen molar-refractivity contribution in [1.29, 1.82) is 0 Å². The van der Waals surface area contributed by atoms with Crippen LogP contribution in [0.1, 0.15) is 30.4 Å². The number of fused-ring (bicyclic) bond motifs is 1. The molecule has 1 heterocycles. The minimum Gasteiger partial charge on any atom is -0.508 e. The molecule has 1 aliphatic heterocycles. The first-order chi connectivity index (χ1) is 18.5. The summed E-state index contributed by atoms with van der Waals surface area (Å²) in [5, 5.41) is 64.2. The van der Waals surface area contributed by atoms with Crippen molar-refractivity contribution in [2.24, 2.45) is 0 Å². The zero-order valence-electron chi connectivity index (χ0n) is 22.0. The average molecular weight is 547 g/mol. The molecule has 11 nitrogen and oxygen atoms in total. The molecule has 0 radical (unpaired) electrons. The van der Waals surface area contributed by atoms with Crippen LogP contribution in [0, 0.1) is 6.92 Å². The first-order valence-corrected chi connectivity index (χ1v) is 12.0. The molecule has 0 unspecified atom stereocenters. The largest absolute Gasteiger partial charge is 0.508 e. The van der Waals surface area contributed by atoms with E-state index in [1.165, 1.54) is 32.4 Å². The molecule has 0 spiro atoms. The Morgan fingerprint density at radius 3 is 2.21 bits per heavy atom. The van der Waals surface area contributed by atoms with E-state index in [9.17, 15) is 25.2 Å². The molecule has 212 valence electrons. The predicted octanol–water partition coefficient (Wildman–Crippen LogP) is 4.18. The van der Waals surface area contributed by atoms with Crippen molar-refractivity contribution in [3.05, 3.63) is 70.2 Å². The molecule has 11 heteroatoms. The number of carboxylic acids is 1. The summed E-state index contributed by atoms with van der Waals surface area (Å²) < 4.78 is 15.1. The second kappa shape index (κ2) is 14.4. The van der Waals surface area contributed by atoms with Gasteiger partial charge in [0.2, 0.25) is 5.75 Å². The molecule has 0 amide bonds. The van der Waals surface area contributed by atoms with Gasteiger partial charge in [0.15, 0.2) is 23.0 Å². The molecule has 0 saturated heterocycles. The summed E-state index contributed by atoms with van der Waals surface area (Å²) in [7, 11) is 3.02. The second-order valence-corrected chi connectivity index (χ2v) is 8.53. The number of aromatic hydroxyl groups is 3. The van der Waals surface area contributed by atoms with Crippen molar-refractivity contribution in [2.75, 3.05) is 27.4 Å². The number of rotatable bonds is 5. The number of benzene rings is 2. The van der Waals surface area contributed by atoms with E-state index < -0.39 is 11.7 Å². The van der Waals surface area contributed by atoms with Crippen molar-refractivity contribution in [2.45, 2.75) is 32.6 Å². The number of aliphatic hydroxyl groups excluding tert-OH is 3. The van der Waals surface area contributed by atoms with Crippen LogP contribution in [0.5, 0.6) is 34.5 Å². The summed E-state index contributed by atoms with van der Waals surface area (Å²) in [4.78, 5) is 10.7. The Kier molecular flexibility index (Phi) is 11.4. The van der Waals surface area contributed by atoms with E-state index in [0.717, 1.165) is 30.0 Å². The summed E-state index contributed by atoms with van der Waals surface area (Å²) in [5.74, 6) is -0.290. The number of aliphatic hydroxyl groups is 3. The summed E-state index contributed by atoms with van der Waals surface area (Å²) in [6.07, 6.45) is 4.52. The average Bonchev–Trinajstić information content (AvgIpc) is 3.04. The quantitative estimate of drug-likeness (QED) is 0.285. The number of carboxylic acid groups (broad SMARTS) is 1. The van der Waals surface area contributed by atoms with Crippen molar-refractivity contribution in [3.63, 3.8) is 0 Å². The van der Waals surface area contributed by atoms with Crippen molar-refractivity contribution < 1.29 is 54.8 Å². The highest BCUT2D eigenvalue weighted by Crippen LogP contribution is 2.37. The van der Waals surface area contributed by atoms with Gasteiger partial charge in [0, 0.05) is 29.9 Å². The first-order valence-electron chi connectivity index (χ1n) is 12.0. The van der Waals surface area contributed by atoms with E-state index in [2.05, 4.69) is 0 Å². The van der Waals surface area contributed by atoms with Crippen LogP contribution in [0.25, 0.3) is 0 Å². The standard InChI is InChI=1S/C10H12O5.C9H10O3.C9H12O3/c11-4-3-6-1-2-7(10(14)15)5-8(12)9(6)13;10-6-4-8(11)7-2-1-3-12-9(7)5-6;1-6-4-7(11-2)9(10)8(5-6)12-3/h1,5,11-13H,2-4H2,(H,14,15);4-5,10-11H,1-3H2;4-5,10H,1-3H3. The highest BCUT2D eigenvalue weighted by molar-refractivity contribution is 5.87. The molecule has 0 aromatic heterocycles. The number of methoxy groups -OCH3 is 2. The molecule has 0 bridgehead atoms. The Bertz CT molecular complexity index is 1230. The lowest BCUT2D eigenvalue weighted by Gasteiger charge is -2.17. The molecule has 0 atom stereocenters. The Morgan fingerprint density at radius 1 is 1.00 bits per heavy atom. The number of hydrogen-bond donors (Lipinski definition) is 7. The maximum Gasteiger partial charge on any atom is 0.332 e. The summed E-state index contributed by atoms with van der Waals surface area (Å²) in [5.41, 5.74) is 2.13. The van der Waals surface area contributed by atoms with E-state index >= 15 is 0 Å². The van der Waals surface area contributed by atoms with Gasteiger partial charge in [0.25, 0.3) is 0 Å². The fourth-order valence-electron chi connectivity index (χ4n) is 3.73. The number of ether oxygens (including phenoxy) is 3. The normalized spacial score (nSPS) is 14.1. The smallest absolute Gasteiger partial charge is 0.332 e. The second-order valence-electron chi connectivity index (χ2n) is 8.53. The molecular weight excluding hydrogens is 512 g/mol. The highest BCUT2D eigenvalue weighted by atomic mass is 16.5. The fourth-order valence-corrected chi connectivity index (χ4v) is 3.73. The Labute approximate surface area is 225 Å². The van der Waals surface area contributed by atoms with Gasteiger partial charge >= 0.3 is 5.97 Å². The van der Waals surface area contributed by atoms with E-state index in [0.29, 0.717) is 29.4 Å². The van der Waals surface area contributed by atoms with Gasteiger partial charge in [-0.1, -0.05) is 6.08 Å². The Hall–Kier alpha value is -4.51. The predicted molar refractivity (Wildman–Crippen MR) is 142 cm³/mol. The molecule has 2 aromatic carbocycles. The number of aliphatic carboxylic acids is 1. The van der Waals surface area contributed by atoms with Crippen LogP contribution in [0.4, 0.5) is 0 Å². The van der Waals surface area contributed by atoms with Gasteiger partial charge in [0.05, 0.1) is 20.8 Å². The third-order valence-corrected chi connectivity index (χ3v) is 5.70. The van der Waals surface area contributed by atoms with Crippen LogP contribution < -0.4 is 14.2 Å². The topological polar surface area (TPSA) is 186 Å². The zero-order valence-corrected chi connectivity index (χ0v) is 22.0. The first kappa shape index (κ1) is 30.7. The third kappa shape index (κ3) is 8.50. The van der Waals surface area contributed by atoms with Crippen LogP contribution in [0.15, 0.2) is 59.1 Å². The van der Waals surface area contributed by atoms with Gasteiger partial charge in [-0.3, -0.25) is 0 Å². The Balaban J connectivity index is 0.000000207. The maximum atomic E-state index is 10.7. The number of hydrogen-bond acceptors (Lipinski definition) is 10. The van der Waals surface area contributed by atoms with Gasteiger partial charge in [-0.25, -0.2) is 4.79 Å². The van der Waals surface area contributed by atoms with Crippen LogP contribution >= 0.6 is 0 Å². The molecule has 39 heavy (non-hydrogen) atoms. The monoisotopic (exact) mass is 546 g/mol. The molecule has 4 rings (SSSR count). The number of allylic oxidation sites excluding steroid dienone is 3. The van der Waals surface area contributed by atoms with Crippen LogP contribution in [-0.2, 0) is 11.2 Å². The molecule has 1 aliphatic carbocycles. The molecule has 7 N–H and O–H groups in total. The molecule has 2 aliphatic rings. The van der Waals surface area contributed by atoms with Crippen molar-refractivity contribution >= 4 is 5.97 Å². The van der Waals surface area contributed by atoms with E-state index in [1.54, 1.807) is 12.1 Å². The maximum absolute atomic E-state index is 10.7. The fraction of sp³-hybridized carbons (Fsp3) is 0.321. The van der Waals surface area contributed by atoms with Crippen molar-refractivity contribution in [1.82, 2.24) is 0 Å². The molecular formula is C28H34O11. The number of phenols is 3. The van der Waals surface area contributed by atoms with Gasteiger partial charge in [-0.2, -0.15) is 0 Å². The Morgan fingerprint density at radius 2 is 1.64 bits per heavy atom. The number of carbonyl (C=O) groups is 1. The zero-order chi connectivity index (χ0) is 29.1. The van der Waals surface area contributed by atoms with Gasteiger partial charge < -0.3 is 50.0 Å². The summed E-state index contributed by atoms with van der Waals surface area (Å²) in [6.45, 7) is 2.39. The van der Waals surface area contributed by atoms with Gasteiger partial charge in [-0.15, -0.1) is 0 Å².